The molecule has 2 aromatic rings. The molecule has 0 radical (unpaired) electrons. The van der Waals surface area contributed by atoms with Gasteiger partial charge in [-0.25, -0.2) is 9.07 Å². The van der Waals surface area contributed by atoms with Crippen LogP contribution in [0.5, 0.6) is 0 Å². The summed E-state index contributed by atoms with van der Waals surface area (Å²) in [6, 6.07) is 5.74. The normalized spacial score (nSPS) is 15.0. The molecule has 0 aliphatic heterocycles. The number of rotatable bonds is 5. The Labute approximate surface area is 135 Å². The summed E-state index contributed by atoms with van der Waals surface area (Å²) in [5.74, 6) is -0.629. The standard InChI is InChI=1S/C17H23FN4O/c1-10(11(2)19)17(23)21-12(3)16-9-20-22(13(16)4)15-7-5-14(18)6-8-15/h5-12H,19H2,1-4H3,(H,21,23). The molecule has 0 saturated carbocycles. The first-order valence-corrected chi connectivity index (χ1v) is 7.67. The van der Waals surface area contributed by atoms with E-state index >= 15 is 0 Å². The predicted octanol–water partition coefficient (Wildman–Crippen LogP) is 2.48. The summed E-state index contributed by atoms with van der Waals surface area (Å²) in [4.78, 5) is 12.1. The van der Waals surface area contributed by atoms with E-state index in [-0.39, 0.29) is 29.7 Å². The molecule has 1 amide bonds. The van der Waals surface area contributed by atoms with Gasteiger partial charge in [-0.1, -0.05) is 6.92 Å². The Morgan fingerprint density at radius 2 is 1.87 bits per heavy atom. The minimum atomic E-state index is -0.288. The van der Waals surface area contributed by atoms with Crippen LogP contribution >= 0.6 is 0 Å². The second-order valence-electron chi connectivity index (χ2n) is 5.95. The van der Waals surface area contributed by atoms with Crippen molar-refractivity contribution in [1.82, 2.24) is 15.1 Å². The second kappa shape index (κ2) is 6.91. The summed E-state index contributed by atoms with van der Waals surface area (Å²) in [5, 5.41) is 7.30. The number of hydrogen-bond donors (Lipinski definition) is 2. The molecule has 3 N–H and O–H groups in total. The predicted molar refractivity (Wildman–Crippen MR) is 87.6 cm³/mol. The maximum absolute atomic E-state index is 13.0. The Morgan fingerprint density at radius 1 is 1.26 bits per heavy atom. The van der Waals surface area contributed by atoms with Crippen LogP contribution in [0, 0.1) is 18.7 Å². The molecular formula is C17H23FN4O. The molecule has 3 unspecified atom stereocenters. The number of benzene rings is 1. The molecule has 5 nitrogen and oxygen atoms in total. The van der Waals surface area contributed by atoms with Crippen LogP contribution in [-0.2, 0) is 4.79 Å². The van der Waals surface area contributed by atoms with Crippen molar-refractivity contribution in [3.8, 4) is 5.69 Å². The van der Waals surface area contributed by atoms with E-state index in [1.165, 1.54) is 12.1 Å². The fraction of sp³-hybridized carbons (Fsp3) is 0.412. The molecule has 23 heavy (non-hydrogen) atoms. The smallest absolute Gasteiger partial charge is 0.224 e. The van der Waals surface area contributed by atoms with Crippen LogP contribution in [-0.4, -0.2) is 21.7 Å². The minimum absolute atomic E-state index is 0.0820. The average Bonchev–Trinajstić information content (AvgIpc) is 2.88. The van der Waals surface area contributed by atoms with Crippen molar-refractivity contribution in [1.29, 1.82) is 0 Å². The molecule has 0 aliphatic carbocycles. The van der Waals surface area contributed by atoms with Crippen LogP contribution in [0.15, 0.2) is 30.5 Å². The van der Waals surface area contributed by atoms with Gasteiger partial charge >= 0.3 is 0 Å². The largest absolute Gasteiger partial charge is 0.349 e. The summed E-state index contributed by atoms with van der Waals surface area (Å²) in [6.45, 7) is 7.45. The molecule has 0 fully saturated rings. The zero-order valence-electron chi connectivity index (χ0n) is 13.9. The lowest BCUT2D eigenvalue weighted by Crippen LogP contribution is -2.39. The van der Waals surface area contributed by atoms with Gasteiger partial charge in [0.25, 0.3) is 0 Å². The molecular weight excluding hydrogens is 295 g/mol. The second-order valence-corrected chi connectivity index (χ2v) is 5.95. The maximum atomic E-state index is 13.0. The highest BCUT2D eigenvalue weighted by Crippen LogP contribution is 2.20. The van der Waals surface area contributed by atoms with Crippen LogP contribution in [0.4, 0.5) is 4.39 Å². The molecule has 2 rings (SSSR count). The van der Waals surface area contributed by atoms with Crippen molar-refractivity contribution < 1.29 is 9.18 Å². The first-order chi connectivity index (χ1) is 10.8. The van der Waals surface area contributed by atoms with Gasteiger partial charge in [0.2, 0.25) is 5.91 Å². The quantitative estimate of drug-likeness (QED) is 0.889. The van der Waals surface area contributed by atoms with Gasteiger partial charge in [-0.3, -0.25) is 4.79 Å². The highest BCUT2D eigenvalue weighted by atomic mass is 19.1. The van der Waals surface area contributed by atoms with Gasteiger partial charge in [-0.05, 0) is 45.0 Å². The van der Waals surface area contributed by atoms with Crippen molar-refractivity contribution in [3.63, 3.8) is 0 Å². The van der Waals surface area contributed by atoms with Gasteiger partial charge < -0.3 is 11.1 Å². The monoisotopic (exact) mass is 318 g/mol. The third kappa shape index (κ3) is 3.76. The molecule has 3 atom stereocenters. The Balaban J connectivity index is 2.18. The third-order valence-corrected chi connectivity index (χ3v) is 4.15. The number of nitrogens with one attached hydrogen (secondary N) is 1. The van der Waals surface area contributed by atoms with Gasteiger partial charge in [-0.15, -0.1) is 0 Å². The fourth-order valence-corrected chi connectivity index (χ4v) is 2.35. The van der Waals surface area contributed by atoms with Gasteiger partial charge in [0.1, 0.15) is 5.82 Å². The van der Waals surface area contributed by atoms with E-state index in [4.69, 9.17) is 5.73 Å². The van der Waals surface area contributed by atoms with Gasteiger partial charge in [0.15, 0.2) is 0 Å². The molecule has 0 spiro atoms. The number of carbonyl (C=O) groups excluding carboxylic acids is 1. The molecule has 6 heteroatoms. The van der Waals surface area contributed by atoms with Crippen molar-refractivity contribution in [2.75, 3.05) is 0 Å². The number of aromatic nitrogens is 2. The van der Waals surface area contributed by atoms with Crippen molar-refractivity contribution >= 4 is 5.91 Å². The average molecular weight is 318 g/mol. The summed E-state index contributed by atoms with van der Waals surface area (Å²) in [6.07, 6.45) is 1.72. The van der Waals surface area contributed by atoms with E-state index < -0.39 is 0 Å². The minimum Gasteiger partial charge on any atom is -0.349 e. The summed E-state index contributed by atoms with van der Waals surface area (Å²) < 4.78 is 14.8. The number of nitrogens with zero attached hydrogens (tertiary/aromatic N) is 2. The number of halogens is 1. The lowest BCUT2D eigenvalue weighted by molar-refractivity contribution is -0.125. The maximum Gasteiger partial charge on any atom is 0.224 e. The van der Waals surface area contributed by atoms with Crippen molar-refractivity contribution in [3.05, 3.63) is 47.5 Å². The molecule has 0 aliphatic rings. The van der Waals surface area contributed by atoms with Crippen LogP contribution in [0.3, 0.4) is 0 Å². The number of nitrogens with two attached hydrogens (primary N) is 1. The molecule has 1 heterocycles. The zero-order valence-corrected chi connectivity index (χ0v) is 13.9. The molecule has 1 aromatic heterocycles. The number of carbonyl (C=O) groups is 1. The lowest BCUT2D eigenvalue weighted by atomic mass is 10.0. The number of amides is 1. The summed E-state index contributed by atoms with van der Waals surface area (Å²) in [5.41, 5.74) is 8.36. The first kappa shape index (κ1) is 17.1. The Bertz CT molecular complexity index is 678. The Morgan fingerprint density at radius 3 is 2.43 bits per heavy atom. The van der Waals surface area contributed by atoms with E-state index in [0.717, 1.165) is 16.9 Å². The number of hydrogen-bond acceptors (Lipinski definition) is 3. The van der Waals surface area contributed by atoms with E-state index in [9.17, 15) is 9.18 Å². The van der Waals surface area contributed by atoms with Gasteiger partial charge in [0.05, 0.1) is 17.9 Å². The Kier molecular flexibility index (Phi) is 5.15. The summed E-state index contributed by atoms with van der Waals surface area (Å²) >= 11 is 0. The van der Waals surface area contributed by atoms with Crippen molar-refractivity contribution in [2.24, 2.45) is 11.7 Å². The fourth-order valence-electron chi connectivity index (χ4n) is 2.35. The third-order valence-electron chi connectivity index (χ3n) is 4.15. The van der Waals surface area contributed by atoms with Crippen molar-refractivity contribution in [2.45, 2.75) is 39.8 Å². The van der Waals surface area contributed by atoms with Crippen LogP contribution in [0.1, 0.15) is 38.1 Å². The molecule has 1 aromatic carbocycles. The molecule has 0 bridgehead atoms. The first-order valence-electron chi connectivity index (χ1n) is 7.67. The van der Waals surface area contributed by atoms with Crippen LogP contribution < -0.4 is 11.1 Å². The summed E-state index contributed by atoms with van der Waals surface area (Å²) in [7, 11) is 0. The van der Waals surface area contributed by atoms with E-state index in [1.807, 2.05) is 27.7 Å². The molecule has 0 saturated heterocycles. The highest BCUT2D eigenvalue weighted by molar-refractivity contribution is 5.79. The SMILES string of the molecule is Cc1c(C(C)NC(=O)C(C)C(C)N)cnn1-c1ccc(F)cc1. The Hall–Kier alpha value is -2.21. The van der Waals surface area contributed by atoms with E-state index in [0.29, 0.717) is 0 Å². The lowest BCUT2D eigenvalue weighted by Gasteiger charge is -2.19. The topological polar surface area (TPSA) is 72.9 Å². The van der Waals surface area contributed by atoms with Gasteiger partial charge in [-0.2, -0.15) is 5.10 Å². The van der Waals surface area contributed by atoms with Gasteiger partial charge in [0, 0.05) is 23.2 Å². The van der Waals surface area contributed by atoms with E-state index in [1.54, 1.807) is 23.0 Å². The van der Waals surface area contributed by atoms with E-state index in [2.05, 4.69) is 10.4 Å². The zero-order chi connectivity index (χ0) is 17.1. The highest BCUT2D eigenvalue weighted by Gasteiger charge is 2.21. The van der Waals surface area contributed by atoms with Crippen LogP contribution in [0.25, 0.3) is 5.69 Å². The van der Waals surface area contributed by atoms with Crippen LogP contribution in [0.2, 0.25) is 0 Å². The molecule has 124 valence electrons.